The molecule has 0 spiro atoms. The Balaban J connectivity index is 2.13. The van der Waals surface area contributed by atoms with E-state index in [0.29, 0.717) is 24.1 Å². The first-order valence-electron chi connectivity index (χ1n) is 7.23. The molecular weight excluding hydrogens is 285 g/mol. The van der Waals surface area contributed by atoms with Gasteiger partial charge in [-0.3, -0.25) is 4.79 Å². The molecule has 0 saturated carbocycles. The molecule has 0 radical (unpaired) electrons. The van der Waals surface area contributed by atoms with Crippen molar-refractivity contribution in [3.63, 3.8) is 0 Å². The Labute approximate surface area is 129 Å². The molecule has 1 aliphatic heterocycles. The van der Waals surface area contributed by atoms with Gasteiger partial charge >= 0.3 is 13.1 Å². The van der Waals surface area contributed by atoms with Gasteiger partial charge in [-0.2, -0.15) is 0 Å². The Hall–Kier alpha value is -1.86. The quantitative estimate of drug-likeness (QED) is 0.600. The van der Waals surface area contributed by atoms with Gasteiger partial charge in [0.1, 0.15) is 6.04 Å². The summed E-state index contributed by atoms with van der Waals surface area (Å²) in [6.07, 6.45) is 0.495. The first kappa shape index (κ1) is 16.5. The Morgan fingerprint density at radius 1 is 1.45 bits per heavy atom. The lowest BCUT2D eigenvalue weighted by atomic mass is 9.78. The van der Waals surface area contributed by atoms with Crippen LogP contribution in [0, 0.1) is 5.92 Å². The zero-order valence-electron chi connectivity index (χ0n) is 13.0. The zero-order valence-corrected chi connectivity index (χ0v) is 13.0. The Bertz CT molecular complexity index is 575. The molecule has 22 heavy (non-hydrogen) atoms. The highest BCUT2D eigenvalue weighted by Crippen LogP contribution is 2.12. The fraction of sp³-hybridized carbons (Fsp3) is 0.467. The molecule has 0 aliphatic carbocycles. The number of rotatable bonds is 5. The van der Waals surface area contributed by atoms with E-state index >= 15 is 0 Å². The summed E-state index contributed by atoms with van der Waals surface area (Å²) in [7, 11) is 0.292. The van der Waals surface area contributed by atoms with Crippen molar-refractivity contribution in [2.45, 2.75) is 32.9 Å². The lowest BCUT2D eigenvalue weighted by Gasteiger charge is -2.18. The average molecular weight is 305 g/mol. The predicted molar refractivity (Wildman–Crippen MR) is 81.6 cm³/mol. The van der Waals surface area contributed by atoms with Gasteiger partial charge in [0.2, 0.25) is 0 Å². The Morgan fingerprint density at radius 2 is 2.18 bits per heavy atom. The van der Waals surface area contributed by atoms with Gasteiger partial charge < -0.3 is 19.7 Å². The van der Waals surface area contributed by atoms with Gasteiger partial charge in [-0.15, -0.1) is 0 Å². The summed E-state index contributed by atoms with van der Waals surface area (Å²) in [5, 5.41) is 12.4. The van der Waals surface area contributed by atoms with Crippen LogP contribution in [0.4, 0.5) is 0 Å². The van der Waals surface area contributed by atoms with E-state index in [1.165, 1.54) is 7.11 Å². The number of hydrogen-bond donors (Lipinski definition) is 2. The fourth-order valence-corrected chi connectivity index (χ4v) is 2.43. The van der Waals surface area contributed by atoms with Crippen LogP contribution >= 0.6 is 0 Å². The monoisotopic (exact) mass is 305 g/mol. The average Bonchev–Trinajstić information content (AvgIpc) is 2.86. The van der Waals surface area contributed by atoms with Crippen molar-refractivity contribution in [2.24, 2.45) is 5.92 Å². The molecule has 1 amide bonds. The van der Waals surface area contributed by atoms with Crippen LogP contribution in [0.3, 0.4) is 0 Å². The maximum atomic E-state index is 12.3. The molecule has 0 aromatic heterocycles. The van der Waals surface area contributed by atoms with E-state index in [4.69, 9.17) is 9.39 Å². The molecule has 1 atom stereocenters. The van der Waals surface area contributed by atoms with Crippen molar-refractivity contribution in [3.8, 4) is 0 Å². The zero-order chi connectivity index (χ0) is 16.3. The smallest absolute Gasteiger partial charge is 0.467 e. The van der Waals surface area contributed by atoms with Crippen molar-refractivity contribution >= 4 is 24.5 Å². The van der Waals surface area contributed by atoms with Crippen LogP contribution in [0.25, 0.3) is 0 Å². The third kappa shape index (κ3) is 3.67. The van der Waals surface area contributed by atoms with E-state index in [-0.39, 0.29) is 11.8 Å². The summed E-state index contributed by atoms with van der Waals surface area (Å²) in [6, 6.07) is 4.30. The van der Waals surface area contributed by atoms with Crippen LogP contribution in [-0.2, 0) is 20.8 Å². The maximum Gasteiger partial charge on any atom is 0.491 e. The molecule has 7 heteroatoms. The van der Waals surface area contributed by atoms with E-state index in [1.807, 2.05) is 13.8 Å². The number of amides is 1. The van der Waals surface area contributed by atoms with Gasteiger partial charge in [0.15, 0.2) is 0 Å². The molecule has 0 bridgehead atoms. The Morgan fingerprint density at radius 3 is 2.82 bits per heavy atom. The molecule has 2 N–H and O–H groups in total. The topological polar surface area (TPSA) is 84.9 Å². The van der Waals surface area contributed by atoms with E-state index in [2.05, 4.69) is 5.32 Å². The first-order valence-corrected chi connectivity index (χ1v) is 7.23. The van der Waals surface area contributed by atoms with E-state index in [9.17, 15) is 14.6 Å². The number of esters is 1. The second-order valence-electron chi connectivity index (χ2n) is 5.76. The molecule has 6 nitrogen and oxygen atoms in total. The fourth-order valence-electron chi connectivity index (χ4n) is 2.43. The largest absolute Gasteiger partial charge is 0.491 e. The van der Waals surface area contributed by atoms with Crippen LogP contribution < -0.4 is 10.8 Å². The minimum atomic E-state index is -1.00. The maximum absolute atomic E-state index is 12.3. The van der Waals surface area contributed by atoms with Gasteiger partial charge in [-0.25, -0.2) is 4.79 Å². The summed E-state index contributed by atoms with van der Waals surface area (Å²) in [5.41, 5.74) is 1.82. The molecule has 0 unspecified atom stereocenters. The number of benzene rings is 1. The van der Waals surface area contributed by atoms with E-state index < -0.39 is 19.1 Å². The molecule has 1 aromatic carbocycles. The molecule has 1 aromatic rings. The lowest BCUT2D eigenvalue weighted by Crippen LogP contribution is -2.42. The highest BCUT2D eigenvalue weighted by Gasteiger charge is 2.29. The summed E-state index contributed by atoms with van der Waals surface area (Å²) in [5.74, 6) is -0.607. The number of hydrogen-bond acceptors (Lipinski definition) is 5. The molecule has 2 rings (SSSR count). The number of carbonyl (C=O) groups excluding carboxylic acids is 2. The van der Waals surface area contributed by atoms with E-state index in [1.54, 1.807) is 18.2 Å². The number of carbonyl (C=O) groups is 2. The molecule has 0 saturated heterocycles. The number of nitrogens with one attached hydrogen (secondary N) is 1. The third-order valence-corrected chi connectivity index (χ3v) is 3.57. The predicted octanol–water partition coefficient (Wildman–Crippen LogP) is 0.222. The summed E-state index contributed by atoms with van der Waals surface area (Å²) >= 11 is 0. The van der Waals surface area contributed by atoms with Gasteiger partial charge in [-0.1, -0.05) is 19.9 Å². The van der Waals surface area contributed by atoms with Crippen molar-refractivity contribution in [1.29, 1.82) is 0 Å². The van der Waals surface area contributed by atoms with Crippen LogP contribution in [0.15, 0.2) is 18.2 Å². The number of ether oxygens (including phenoxy) is 1. The molecule has 0 fully saturated rings. The van der Waals surface area contributed by atoms with Gasteiger partial charge in [0, 0.05) is 5.56 Å². The van der Waals surface area contributed by atoms with Gasteiger partial charge in [0.25, 0.3) is 5.91 Å². The summed E-state index contributed by atoms with van der Waals surface area (Å²) in [4.78, 5) is 24.1. The van der Waals surface area contributed by atoms with Crippen molar-refractivity contribution in [1.82, 2.24) is 5.32 Å². The highest BCUT2D eigenvalue weighted by molar-refractivity contribution is 6.61. The minimum absolute atomic E-state index is 0.236. The van der Waals surface area contributed by atoms with Crippen LogP contribution in [0.1, 0.15) is 36.2 Å². The van der Waals surface area contributed by atoms with Crippen molar-refractivity contribution in [2.75, 3.05) is 7.11 Å². The first-order chi connectivity index (χ1) is 10.4. The van der Waals surface area contributed by atoms with Crippen LogP contribution in [0.5, 0.6) is 0 Å². The Kier molecular flexibility index (Phi) is 5.21. The summed E-state index contributed by atoms with van der Waals surface area (Å²) < 4.78 is 9.82. The van der Waals surface area contributed by atoms with Gasteiger partial charge in [0.05, 0.1) is 13.7 Å². The van der Waals surface area contributed by atoms with Crippen LogP contribution in [-0.4, -0.2) is 37.2 Å². The number of fused-ring (bicyclic) bond motifs is 1. The normalized spacial score (nSPS) is 14.7. The second kappa shape index (κ2) is 6.94. The molecule has 1 aliphatic rings. The summed E-state index contributed by atoms with van der Waals surface area (Å²) in [6.45, 7) is 4.26. The standard InChI is InChI=1S/C15H20BNO5/c1-9(2)6-13(15(19)21-3)17-14(18)10-4-5-11-8-22-16(20)12(11)7-10/h4-5,7,9,13,20H,6,8H2,1-3H3,(H,17,18)/t13-/m0/s1. The number of methoxy groups -OCH3 is 1. The van der Waals surface area contributed by atoms with Gasteiger partial charge in [-0.05, 0) is 35.5 Å². The van der Waals surface area contributed by atoms with Crippen molar-refractivity contribution < 1.29 is 24.0 Å². The van der Waals surface area contributed by atoms with E-state index in [0.717, 1.165) is 5.56 Å². The van der Waals surface area contributed by atoms with Crippen molar-refractivity contribution in [3.05, 3.63) is 29.3 Å². The molecule has 118 valence electrons. The second-order valence-corrected chi connectivity index (χ2v) is 5.76. The SMILES string of the molecule is COC(=O)[C@H](CC(C)C)NC(=O)c1ccc2c(c1)B(O)OC2. The molecule has 1 heterocycles. The minimum Gasteiger partial charge on any atom is -0.467 e. The third-order valence-electron chi connectivity index (χ3n) is 3.57. The van der Waals surface area contributed by atoms with Crippen LogP contribution in [0.2, 0.25) is 0 Å². The molecular formula is C15H20BNO5. The highest BCUT2D eigenvalue weighted by atomic mass is 16.5. The lowest BCUT2D eigenvalue weighted by molar-refractivity contribution is -0.143.